The van der Waals surface area contributed by atoms with Gasteiger partial charge in [-0.25, -0.2) is 8.07 Å². The van der Waals surface area contributed by atoms with Crippen LogP contribution in [-0.2, 0) is 26.2 Å². The molecule has 1 fully saturated rings. The Balaban J connectivity index is -0.000000122. The molecule has 3 nitrogen and oxygen atoms in total. The van der Waals surface area contributed by atoms with E-state index in [1.165, 1.54) is 25.4 Å². The van der Waals surface area contributed by atoms with Crippen molar-refractivity contribution < 1.29 is 26.2 Å². The average Bonchev–Trinajstić information content (AvgIpc) is 2.66. The summed E-state index contributed by atoms with van der Waals surface area (Å²) in [5.74, 6) is 0.982. The quantitative estimate of drug-likeness (QED) is 0.229. The molecule has 1 rings (SSSR count). The number of rotatable bonds is 3. The zero-order chi connectivity index (χ0) is 13.7. The van der Waals surface area contributed by atoms with Crippen LogP contribution in [-0.4, -0.2) is 52.0 Å². The van der Waals surface area contributed by atoms with Gasteiger partial charge in [0.1, 0.15) is 0 Å². The standard InChI is InChI=1S/C8H16INP.2C2H6N.CH3.Zr/c1-10-11(2)6-7-4-3-5-8(7)9;2*1-3-2;;/h7-8H,3-6H2,1-2H3;2*1-2H3;1H3;/q4*-1;+4. The van der Waals surface area contributed by atoms with E-state index in [9.17, 15) is 0 Å². The van der Waals surface area contributed by atoms with E-state index in [4.69, 9.17) is 0 Å². The van der Waals surface area contributed by atoms with E-state index in [0.29, 0.717) is 0 Å². The minimum Gasteiger partial charge on any atom is -0.668 e. The summed E-state index contributed by atoms with van der Waals surface area (Å²) in [5.41, 5.74) is 0. The molecule has 0 bridgehead atoms. The van der Waals surface area contributed by atoms with Gasteiger partial charge in [-0.15, -0.1) is 0 Å². The van der Waals surface area contributed by atoms with E-state index in [1.54, 1.807) is 28.2 Å². The second-order valence-electron chi connectivity index (χ2n) is 4.14. The minimum atomic E-state index is 0. The van der Waals surface area contributed by atoms with E-state index in [2.05, 4.69) is 45.0 Å². The summed E-state index contributed by atoms with van der Waals surface area (Å²) in [6, 6.07) is 0. The first-order valence-electron chi connectivity index (χ1n) is 5.98. The van der Waals surface area contributed by atoms with Crippen LogP contribution in [0.4, 0.5) is 0 Å². The molecule has 1 saturated carbocycles. The van der Waals surface area contributed by atoms with Crippen molar-refractivity contribution in [1.29, 1.82) is 0 Å². The number of halogens is 1. The summed E-state index contributed by atoms with van der Waals surface area (Å²) in [6.07, 6.45) is 5.72. The van der Waals surface area contributed by atoms with E-state index in [1.807, 2.05) is 7.05 Å². The summed E-state index contributed by atoms with van der Waals surface area (Å²) < 4.78 is 0.944. The monoisotopic (exact) mass is 477 g/mol. The molecule has 0 radical (unpaired) electrons. The largest absolute Gasteiger partial charge is 4.00 e. The summed E-state index contributed by atoms with van der Waals surface area (Å²) >= 11 is 2.61. The van der Waals surface area contributed by atoms with Crippen molar-refractivity contribution >= 4 is 30.7 Å². The summed E-state index contributed by atoms with van der Waals surface area (Å²) in [4.78, 5) is 0. The fraction of sp³-hybridized carbons (Fsp3) is 0.923. The maximum Gasteiger partial charge on any atom is 4.00 e. The molecule has 3 atom stereocenters. The van der Waals surface area contributed by atoms with Gasteiger partial charge in [0.2, 0.25) is 0 Å². The predicted molar refractivity (Wildman–Crippen MR) is 99.0 cm³/mol. The van der Waals surface area contributed by atoms with E-state index in [-0.39, 0.29) is 41.7 Å². The molecule has 0 aromatic carbocycles. The van der Waals surface area contributed by atoms with E-state index in [0.717, 1.165) is 9.84 Å². The van der Waals surface area contributed by atoms with Crippen molar-refractivity contribution in [2.24, 2.45) is 5.92 Å². The van der Waals surface area contributed by atoms with Crippen LogP contribution in [0, 0.1) is 13.3 Å². The Morgan fingerprint density at radius 2 is 1.47 bits per heavy atom. The molecule has 0 N–H and O–H groups in total. The zero-order valence-electron chi connectivity index (χ0n) is 13.6. The fourth-order valence-electron chi connectivity index (χ4n) is 1.62. The third-order valence-corrected chi connectivity index (χ3v) is 5.73. The van der Waals surface area contributed by atoms with Crippen molar-refractivity contribution in [3.8, 4) is 0 Å². The maximum absolute atomic E-state index is 4.35. The summed E-state index contributed by atoms with van der Waals surface area (Å²) in [6.45, 7) is 2.29. The Morgan fingerprint density at radius 1 is 1.05 bits per heavy atom. The van der Waals surface area contributed by atoms with Crippen molar-refractivity contribution in [2.45, 2.75) is 23.2 Å². The molecule has 0 spiro atoms. The molecular formula is C13H31IN3PZr. The number of nitrogens with zero attached hydrogens (tertiary/aromatic N) is 3. The fourth-order valence-corrected chi connectivity index (χ4v) is 4.35. The first-order chi connectivity index (χ1) is 8.06. The van der Waals surface area contributed by atoms with Gasteiger partial charge < -0.3 is 23.1 Å². The van der Waals surface area contributed by atoms with Crippen LogP contribution < -0.4 is 0 Å². The molecule has 0 amide bonds. The topological polar surface area (TPSA) is 42.3 Å². The van der Waals surface area contributed by atoms with Crippen LogP contribution in [0.3, 0.4) is 0 Å². The van der Waals surface area contributed by atoms with Gasteiger partial charge in [0, 0.05) is 3.92 Å². The Bertz CT molecular complexity index is 154. The van der Waals surface area contributed by atoms with E-state index >= 15 is 0 Å². The molecule has 0 aliphatic heterocycles. The first kappa shape index (κ1) is 29.0. The van der Waals surface area contributed by atoms with Gasteiger partial charge in [0.15, 0.2) is 0 Å². The molecule has 0 aromatic heterocycles. The first-order valence-corrected chi connectivity index (χ1v) is 9.15. The Morgan fingerprint density at radius 3 is 1.74 bits per heavy atom. The van der Waals surface area contributed by atoms with Crippen molar-refractivity contribution in [2.75, 3.05) is 48.1 Å². The molecule has 114 valence electrons. The smallest absolute Gasteiger partial charge is 0.668 e. The Labute approximate surface area is 156 Å². The molecule has 19 heavy (non-hydrogen) atoms. The van der Waals surface area contributed by atoms with Crippen molar-refractivity contribution in [1.82, 2.24) is 0 Å². The minimum absolute atomic E-state index is 0. The van der Waals surface area contributed by atoms with E-state index < -0.39 is 0 Å². The maximum atomic E-state index is 4.35. The van der Waals surface area contributed by atoms with Gasteiger partial charge in [0.05, 0.1) is 0 Å². The number of hydrogen-bond acceptors (Lipinski definition) is 0. The Kier molecular flexibility index (Phi) is 33.9. The van der Waals surface area contributed by atoms with Gasteiger partial charge in [0.25, 0.3) is 0 Å². The van der Waals surface area contributed by atoms with Gasteiger partial charge in [-0.1, -0.05) is 35.7 Å². The molecule has 0 heterocycles. The van der Waals surface area contributed by atoms with Crippen LogP contribution in [0.25, 0.3) is 15.7 Å². The zero-order valence-corrected chi connectivity index (χ0v) is 19.2. The molecule has 6 heteroatoms. The number of alkyl halides is 1. The average molecular weight is 479 g/mol. The summed E-state index contributed by atoms with van der Waals surface area (Å²) in [5, 5.41) is 11.3. The normalized spacial score (nSPS) is 21.6. The second kappa shape index (κ2) is 22.2. The van der Waals surface area contributed by atoms with Crippen molar-refractivity contribution in [3.63, 3.8) is 0 Å². The van der Waals surface area contributed by atoms with Gasteiger partial charge in [-0.2, -0.15) is 35.2 Å². The molecule has 1 aliphatic rings. The molecule has 0 aromatic rings. The molecular weight excluding hydrogens is 447 g/mol. The van der Waals surface area contributed by atoms with Crippen LogP contribution >= 0.6 is 30.7 Å². The molecule has 3 unspecified atom stereocenters. The van der Waals surface area contributed by atoms with Gasteiger partial charge in [-0.05, 0) is 24.9 Å². The predicted octanol–water partition coefficient (Wildman–Crippen LogP) is 5.31. The summed E-state index contributed by atoms with van der Waals surface area (Å²) in [7, 11) is 8.97. The van der Waals surface area contributed by atoms with Gasteiger partial charge in [-0.3, -0.25) is 0 Å². The van der Waals surface area contributed by atoms with Crippen LogP contribution in [0.1, 0.15) is 19.3 Å². The van der Waals surface area contributed by atoms with Crippen LogP contribution in [0.15, 0.2) is 0 Å². The Hall–Kier alpha value is 1.92. The molecule has 0 saturated heterocycles. The van der Waals surface area contributed by atoms with Crippen LogP contribution in [0.5, 0.6) is 0 Å². The van der Waals surface area contributed by atoms with Crippen molar-refractivity contribution in [3.05, 3.63) is 23.1 Å². The SMILES string of the molecule is C[N-]C.C[N-]C.C[N-]P(C)CC1CCCC1I.[CH3-].[Zr+4]. The second-order valence-corrected chi connectivity index (χ2v) is 7.82. The third-order valence-electron chi connectivity index (χ3n) is 2.41. The third kappa shape index (κ3) is 19.9. The van der Waals surface area contributed by atoms with Crippen LogP contribution in [0.2, 0.25) is 0 Å². The number of hydrogen-bond donors (Lipinski definition) is 0. The molecule has 1 aliphatic carbocycles. The van der Waals surface area contributed by atoms with Gasteiger partial charge >= 0.3 is 26.2 Å².